The molecule has 0 aliphatic carbocycles. The summed E-state index contributed by atoms with van der Waals surface area (Å²) < 4.78 is 11.1. The van der Waals surface area contributed by atoms with Crippen LogP contribution in [0, 0.1) is 0 Å². The molecule has 0 aliphatic rings. The third-order valence-corrected chi connectivity index (χ3v) is 4.70. The first kappa shape index (κ1) is 19.7. The summed E-state index contributed by atoms with van der Waals surface area (Å²) in [6.45, 7) is 0.462. The average molecular weight is 378 g/mol. The fourth-order valence-electron chi connectivity index (χ4n) is 3.17. The lowest BCUT2D eigenvalue weighted by Gasteiger charge is -2.25. The third-order valence-electron chi connectivity index (χ3n) is 4.70. The largest absolute Gasteiger partial charge is 0.497 e. The predicted molar refractivity (Wildman–Crippen MR) is 112 cm³/mol. The highest BCUT2D eigenvalue weighted by atomic mass is 16.5. The molecule has 5 heteroatoms. The highest BCUT2D eigenvalue weighted by Crippen LogP contribution is 2.25. The second-order valence-corrected chi connectivity index (χ2v) is 6.83. The standard InChI is InChI=1S/C23H26N2O3/c1-25(2)21(18-10-6-11-19(14-18)27-3)15-24-23(26)16-28-22-13-7-9-17-8-4-5-12-20(17)22/h4-14,21H,15-16H2,1-3H3,(H,24,26). The van der Waals surface area contributed by atoms with Crippen molar-refractivity contribution >= 4 is 16.7 Å². The van der Waals surface area contributed by atoms with E-state index in [1.165, 1.54) is 0 Å². The lowest BCUT2D eigenvalue weighted by molar-refractivity contribution is -0.123. The zero-order chi connectivity index (χ0) is 19.9. The van der Waals surface area contributed by atoms with Gasteiger partial charge in [-0.05, 0) is 43.2 Å². The van der Waals surface area contributed by atoms with Crippen LogP contribution in [0.4, 0.5) is 0 Å². The zero-order valence-corrected chi connectivity index (χ0v) is 16.5. The molecule has 3 aromatic rings. The lowest BCUT2D eigenvalue weighted by Crippen LogP contribution is -2.36. The number of nitrogens with one attached hydrogen (secondary N) is 1. The molecule has 0 aliphatic heterocycles. The van der Waals surface area contributed by atoms with Crippen LogP contribution < -0.4 is 14.8 Å². The van der Waals surface area contributed by atoms with Gasteiger partial charge in [-0.25, -0.2) is 0 Å². The number of carbonyl (C=O) groups excluding carboxylic acids is 1. The summed E-state index contributed by atoms with van der Waals surface area (Å²) in [7, 11) is 5.63. The van der Waals surface area contributed by atoms with Crippen molar-refractivity contribution in [1.29, 1.82) is 0 Å². The first-order chi connectivity index (χ1) is 13.6. The SMILES string of the molecule is COc1cccc(C(CNC(=O)COc2cccc3ccccc23)N(C)C)c1. The molecule has 0 spiro atoms. The number of rotatable bonds is 8. The van der Waals surface area contributed by atoms with Gasteiger partial charge < -0.3 is 19.7 Å². The fourth-order valence-corrected chi connectivity index (χ4v) is 3.17. The molecule has 5 nitrogen and oxygen atoms in total. The van der Waals surface area contributed by atoms with Crippen molar-refractivity contribution in [3.05, 3.63) is 72.3 Å². The molecule has 0 radical (unpaired) electrons. The quantitative estimate of drug-likeness (QED) is 0.650. The smallest absolute Gasteiger partial charge is 0.258 e. The number of hydrogen-bond donors (Lipinski definition) is 1. The van der Waals surface area contributed by atoms with E-state index in [0.29, 0.717) is 12.3 Å². The normalized spacial score (nSPS) is 12.0. The number of methoxy groups -OCH3 is 1. The highest BCUT2D eigenvalue weighted by molar-refractivity contribution is 5.88. The average Bonchev–Trinajstić information content (AvgIpc) is 2.72. The number of fused-ring (bicyclic) bond motifs is 1. The van der Waals surface area contributed by atoms with Gasteiger partial charge in [-0.2, -0.15) is 0 Å². The van der Waals surface area contributed by atoms with Crippen LogP contribution >= 0.6 is 0 Å². The van der Waals surface area contributed by atoms with Crippen LogP contribution in [0.2, 0.25) is 0 Å². The van der Waals surface area contributed by atoms with Gasteiger partial charge in [-0.3, -0.25) is 4.79 Å². The van der Waals surface area contributed by atoms with Crippen LogP contribution in [0.15, 0.2) is 66.7 Å². The summed E-state index contributed by atoms with van der Waals surface area (Å²) in [5.41, 5.74) is 1.08. The monoisotopic (exact) mass is 378 g/mol. The second-order valence-electron chi connectivity index (χ2n) is 6.83. The van der Waals surface area contributed by atoms with Crippen molar-refractivity contribution in [2.45, 2.75) is 6.04 Å². The Hall–Kier alpha value is -3.05. The summed E-state index contributed by atoms with van der Waals surface area (Å²) in [6.07, 6.45) is 0. The Morgan fingerprint density at radius 1 is 1.04 bits per heavy atom. The number of benzene rings is 3. The molecule has 1 amide bonds. The molecule has 0 aromatic heterocycles. The Bertz CT molecular complexity index is 935. The van der Waals surface area contributed by atoms with E-state index in [4.69, 9.17) is 9.47 Å². The van der Waals surface area contributed by atoms with Gasteiger partial charge in [0.05, 0.1) is 13.2 Å². The topological polar surface area (TPSA) is 50.8 Å². The number of likely N-dealkylation sites (N-methyl/N-ethyl adjacent to an activating group) is 1. The van der Waals surface area contributed by atoms with E-state index >= 15 is 0 Å². The van der Waals surface area contributed by atoms with Gasteiger partial charge in [0.2, 0.25) is 0 Å². The number of hydrogen-bond acceptors (Lipinski definition) is 4. The van der Waals surface area contributed by atoms with Gasteiger partial charge in [-0.1, -0.05) is 48.5 Å². The molecule has 3 aromatic carbocycles. The Kier molecular flexibility index (Phi) is 6.50. The van der Waals surface area contributed by atoms with Crippen LogP contribution in [0.25, 0.3) is 10.8 Å². The molecular formula is C23H26N2O3. The highest BCUT2D eigenvalue weighted by Gasteiger charge is 2.16. The van der Waals surface area contributed by atoms with Crippen molar-refractivity contribution in [3.63, 3.8) is 0 Å². The fraction of sp³-hybridized carbons (Fsp3) is 0.261. The van der Waals surface area contributed by atoms with E-state index in [1.807, 2.05) is 80.8 Å². The summed E-state index contributed by atoms with van der Waals surface area (Å²) in [5.74, 6) is 1.36. The number of nitrogens with zero attached hydrogens (tertiary/aromatic N) is 1. The van der Waals surface area contributed by atoms with Crippen LogP contribution in [0.1, 0.15) is 11.6 Å². The van der Waals surface area contributed by atoms with Crippen LogP contribution in [0.5, 0.6) is 11.5 Å². The Balaban J connectivity index is 1.60. The van der Waals surface area contributed by atoms with Crippen LogP contribution in [-0.4, -0.2) is 45.2 Å². The first-order valence-corrected chi connectivity index (χ1v) is 9.26. The third kappa shape index (κ3) is 4.81. The van der Waals surface area contributed by atoms with Gasteiger partial charge >= 0.3 is 0 Å². The summed E-state index contributed by atoms with van der Waals surface area (Å²) in [6, 6.07) is 21.7. The van der Waals surface area contributed by atoms with Crippen molar-refractivity contribution < 1.29 is 14.3 Å². The maximum atomic E-state index is 12.4. The van der Waals surface area contributed by atoms with Gasteiger partial charge in [0.1, 0.15) is 11.5 Å². The Morgan fingerprint density at radius 2 is 1.79 bits per heavy atom. The van der Waals surface area contributed by atoms with Crippen LogP contribution in [-0.2, 0) is 4.79 Å². The minimum absolute atomic E-state index is 0.0216. The van der Waals surface area contributed by atoms with Crippen molar-refractivity contribution in [2.24, 2.45) is 0 Å². The summed E-state index contributed by atoms with van der Waals surface area (Å²) >= 11 is 0. The summed E-state index contributed by atoms with van der Waals surface area (Å²) in [4.78, 5) is 14.4. The molecule has 0 saturated carbocycles. The molecule has 0 saturated heterocycles. The number of carbonyl (C=O) groups is 1. The predicted octanol–water partition coefficient (Wildman–Crippen LogP) is 3.65. The van der Waals surface area contributed by atoms with Gasteiger partial charge in [0, 0.05) is 11.9 Å². The Morgan fingerprint density at radius 3 is 2.57 bits per heavy atom. The molecule has 0 bridgehead atoms. The number of ether oxygens (including phenoxy) is 2. The summed E-state index contributed by atoms with van der Waals surface area (Å²) in [5, 5.41) is 5.06. The Labute approximate surface area is 165 Å². The molecular weight excluding hydrogens is 352 g/mol. The van der Waals surface area contributed by atoms with Crippen molar-refractivity contribution in [2.75, 3.05) is 34.4 Å². The van der Waals surface area contributed by atoms with Gasteiger partial charge in [0.25, 0.3) is 5.91 Å². The lowest BCUT2D eigenvalue weighted by atomic mass is 10.1. The molecule has 0 heterocycles. The molecule has 1 N–H and O–H groups in total. The molecule has 146 valence electrons. The molecule has 1 unspecified atom stereocenters. The maximum Gasteiger partial charge on any atom is 0.258 e. The molecule has 1 atom stereocenters. The van der Waals surface area contributed by atoms with E-state index in [-0.39, 0.29) is 18.6 Å². The minimum atomic E-state index is -0.150. The van der Waals surface area contributed by atoms with Crippen molar-refractivity contribution in [1.82, 2.24) is 10.2 Å². The minimum Gasteiger partial charge on any atom is -0.497 e. The number of amides is 1. The van der Waals surface area contributed by atoms with E-state index < -0.39 is 0 Å². The first-order valence-electron chi connectivity index (χ1n) is 9.26. The van der Waals surface area contributed by atoms with Crippen molar-refractivity contribution in [3.8, 4) is 11.5 Å². The van der Waals surface area contributed by atoms with E-state index in [2.05, 4.69) is 10.2 Å². The van der Waals surface area contributed by atoms with E-state index in [9.17, 15) is 4.79 Å². The zero-order valence-electron chi connectivity index (χ0n) is 16.5. The van der Waals surface area contributed by atoms with Crippen LogP contribution in [0.3, 0.4) is 0 Å². The molecule has 3 rings (SSSR count). The van der Waals surface area contributed by atoms with Gasteiger partial charge in [0.15, 0.2) is 6.61 Å². The maximum absolute atomic E-state index is 12.4. The molecule has 0 fully saturated rings. The second kappa shape index (κ2) is 9.24. The van der Waals surface area contributed by atoms with Gasteiger partial charge in [-0.15, -0.1) is 0 Å². The van der Waals surface area contributed by atoms with E-state index in [1.54, 1.807) is 7.11 Å². The van der Waals surface area contributed by atoms with E-state index in [0.717, 1.165) is 22.1 Å². The molecule has 28 heavy (non-hydrogen) atoms.